The van der Waals surface area contributed by atoms with Gasteiger partial charge in [-0.15, -0.1) is 11.8 Å². The van der Waals surface area contributed by atoms with Gasteiger partial charge in [-0.2, -0.15) is 0 Å². The summed E-state index contributed by atoms with van der Waals surface area (Å²) in [7, 11) is -2.50. The van der Waals surface area contributed by atoms with Crippen molar-refractivity contribution in [3.63, 3.8) is 0 Å². The number of carbonyl (C=O) groups is 1. The summed E-state index contributed by atoms with van der Waals surface area (Å²) >= 11 is 1.67. The van der Waals surface area contributed by atoms with E-state index in [1.165, 1.54) is 12.1 Å². The molecule has 6 heteroatoms. The van der Waals surface area contributed by atoms with E-state index >= 15 is 0 Å². The van der Waals surface area contributed by atoms with E-state index in [2.05, 4.69) is 4.90 Å². The molecule has 0 saturated heterocycles. The molecular weight excluding hydrogens is 329 g/mol. The third-order valence-corrected chi connectivity index (χ3v) is 4.97. The van der Waals surface area contributed by atoms with Gasteiger partial charge in [0.1, 0.15) is 11.6 Å². The molecule has 0 unspecified atom stereocenters. The van der Waals surface area contributed by atoms with Crippen molar-refractivity contribution in [1.82, 2.24) is 4.90 Å². The lowest BCUT2D eigenvalue weighted by atomic mass is 10.1. The average Bonchev–Trinajstić information content (AvgIpc) is 2.74. The number of hydrogen-bond donors (Lipinski definition) is 1. The van der Waals surface area contributed by atoms with Crippen molar-refractivity contribution in [3.8, 4) is 5.75 Å². The van der Waals surface area contributed by atoms with Crippen molar-refractivity contribution in [2.24, 2.45) is 0 Å². The van der Waals surface area contributed by atoms with E-state index in [-0.39, 0.29) is 11.3 Å². The van der Waals surface area contributed by atoms with Crippen LogP contribution in [0.3, 0.4) is 0 Å². The fourth-order valence-corrected chi connectivity index (χ4v) is 3.75. The summed E-state index contributed by atoms with van der Waals surface area (Å²) in [4.78, 5) is 14.1. The van der Waals surface area contributed by atoms with Crippen molar-refractivity contribution in [1.29, 1.82) is 0 Å². The van der Waals surface area contributed by atoms with E-state index in [4.69, 9.17) is 14.0 Å². The minimum absolute atomic E-state index is 0.285. The van der Waals surface area contributed by atoms with Gasteiger partial charge >= 0.3 is 5.97 Å². The van der Waals surface area contributed by atoms with Crippen LogP contribution in [0.15, 0.2) is 41.3 Å². The van der Waals surface area contributed by atoms with Gasteiger partial charge in [-0.1, -0.05) is 6.07 Å². The minimum atomic E-state index is -2.50. The molecule has 0 atom stereocenters. The van der Waals surface area contributed by atoms with Gasteiger partial charge in [0.25, 0.3) is 0 Å². The zero-order chi connectivity index (χ0) is 19.6. The predicted octanol–water partition coefficient (Wildman–Crippen LogP) is 3.64. The number of thioether (sulfide) groups is 1. The molecule has 126 valence electrons. The third-order valence-electron chi connectivity index (χ3n) is 3.88. The fourth-order valence-electron chi connectivity index (χ4n) is 2.71. The van der Waals surface area contributed by atoms with Crippen LogP contribution in [-0.2, 0) is 13.1 Å². The van der Waals surface area contributed by atoms with Crippen LogP contribution < -0.4 is 4.74 Å². The summed E-state index contributed by atoms with van der Waals surface area (Å²) in [6.45, 7) is 1.78. The maximum Gasteiger partial charge on any atom is 0.338 e. The Morgan fingerprint density at radius 1 is 1.42 bits per heavy atom. The van der Waals surface area contributed by atoms with E-state index in [1.807, 2.05) is 6.07 Å². The predicted molar refractivity (Wildman–Crippen MR) is 91.2 cm³/mol. The second-order valence-corrected chi connectivity index (χ2v) is 6.69. The lowest BCUT2D eigenvalue weighted by molar-refractivity contribution is 0.0692. The minimum Gasteiger partial charge on any atom is -0.497 e. The number of ether oxygens (including phenoxy) is 1. The van der Waals surface area contributed by atoms with E-state index in [0.717, 1.165) is 22.8 Å². The molecule has 3 rings (SSSR count). The summed E-state index contributed by atoms with van der Waals surface area (Å²) in [5.41, 5.74) is 1.28. The first-order chi connectivity index (χ1) is 12.7. The molecule has 24 heavy (non-hydrogen) atoms. The molecule has 2 aromatic carbocycles. The molecule has 0 fully saturated rings. The maximum atomic E-state index is 13.9. The molecular formula is C18H18FNO3S. The number of nitrogens with zero attached hydrogens (tertiary/aromatic N) is 1. The Bertz CT molecular complexity index is 860. The highest BCUT2D eigenvalue weighted by molar-refractivity contribution is 7.99. The normalized spacial score (nSPS) is 17.1. The Morgan fingerprint density at radius 3 is 3.04 bits per heavy atom. The van der Waals surface area contributed by atoms with E-state index in [0.29, 0.717) is 18.7 Å². The van der Waals surface area contributed by atoms with Crippen LogP contribution >= 0.6 is 11.8 Å². The van der Waals surface area contributed by atoms with Gasteiger partial charge in [0.15, 0.2) is 0 Å². The highest BCUT2D eigenvalue weighted by atomic mass is 32.2. The van der Waals surface area contributed by atoms with Crippen LogP contribution in [0.2, 0.25) is 0 Å². The van der Waals surface area contributed by atoms with Crippen LogP contribution in [0.4, 0.5) is 4.39 Å². The van der Waals surface area contributed by atoms with Crippen LogP contribution in [0.25, 0.3) is 0 Å². The van der Waals surface area contributed by atoms with Gasteiger partial charge in [0.2, 0.25) is 0 Å². The van der Waals surface area contributed by atoms with Gasteiger partial charge in [0.05, 0.1) is 16.7 Å². The van der Waals surface area contributed by atoms with Gasteiger partial charge < -0.3 is 9.84 Å². The smallest absolute Gasteiger partial charge is 0.338 e. The first-order valence-electron chi connectivity index (χ1n) is 8.90. The second-order valence-electron chi connectivity index (χ2n) is 5.55. The number of hydrogen-bond acceptors (Lipinski definition) is 4. The molecule has 0 aliphatic carbocycles. The summed E-state index contributed by atoms with van der Waals surface area (Å²) < 4.78 is 40.6. The highest BCUT2D eigenvalue weighted by Crippen LogP contribution is 2.31. The molecule has 0 amide bonds. The van der Waals surface area contributed by atoms with E-state index < -0.39 is 18.8 Å². The maximum absolute atomic E-state index is 13.9. The molecule has 2 aromatic rings. The summed E-state index contributed by atoms with van der Waals surface area (Å²) in [6, 6.07) is 9.35. The van der Waals surface area contributed by atoms with Crippen LogP contribution in [0.1, 0.15) is 25.6 Å². The molecule has 0 aromatic heterocycles. The lowest BCUT2D eigenvalue weighted by Gasteiger charge is -2.20. The van der Waals surface area contributed by atoms with Gasteiger partial charge in [-0.25, -0.2) is 9.18 Å². The standard InChI is InChI=1S/C18H18FNO3S/c1-23-14-3-5-17-13(9-14)11-20(6-7-24-17)10-12-2-4-15(18(21)22)16(19)8-12/h2-5,8-9H,6-7,10-11H2,1H3,(H,21,22)/i1D3. The lowest BCUT2D eigenvalue weighted by Crippen LogP contribution is -2.24. The highest BCUT2D eigenvalue weighted by Gasteiger charge is 2.17. The number of methoxy groups -OCH3 is 1. The quantitative estimate of drug-likeness (QED) is 0.912. The number of benzene rings is 2. The monoisotopic (exact) mass is 350 g/mol. The van der Waals surface area contributed by atoms with Crippen LogP contribution in [0, 0.1) is 5.82 Å². The number of rotatable bonds is 4. The van der Waals surface area contributed by atoms with E-state index in [9.17, 15) is 9.18 Å². The molecule has 4 nitrogen and oxygen atoms in total. The van der Waals surface area contributed by atoms with Crippen molar-refractivity contribution >= 4 is 17.7 Å². The van der Waals surface area contributed by atoms with Gasteiger partial charge in [-0.05, 0) is 41.5 Å². The van der Waals surface area contributed by atoms with Crippen molar-refractivity contribution in [2.45, 2.75) is 18.0 Å². The van der Waals surface area contributed by atoms with Crippen molar-refractivity contribution < 1.29 is 23.1 Å². The number of halogens is 1. The molecule has 0 saturated carbocycles. The molecule has 1 heterocycles. The first kappa shape index (κ1) is 13.3. The number of carboxylic acid groups (broad SMARTS) is 1. The molecule has 1 aliphatic rings. The van der Waals surface area contributed by atoms with Crippen molar-refractivity contribution in [2.75, 3.05) is 19.3 Å². The SMILES string of the molecule is [2H]C([2H])([2H])Oc1ccc2c(c1)CN(Cc1ccc(C(=O)O)c(F)c1)CCS2. The summed E-state index contributed by atoms with van der Waals surface area (Å²) in [6.07, 6.45) is 0. The Balaban J connectivity index is 1.77. The second kappa shape index (κ2) is 7.23. The zero-order valence-electron chi connectivity index (χ0n) is 15.8. The van der Waals surface area contributed by atoms with Gasteiger partial charge in [0, 0.05) is 30.3 Å². The Labute approximate surface area is 148 Å². The largest absolute Gasteiger partial charge is 0.497 e. The van der Waals surface area contributed by atoms with Crippen molar-refractivity contribution in [3.05, 3.63) is 58.9 Å². The number of fused-ring (bicyclic) bond motifs is 1. The average molecular weight is 350 g/mol. The zero-order valence-corrected chi connectivity index (χ0v) is 13.6. The Hall–Kier alpha value is -2.05. The molecule has 0 radical (unpaired) electrons. The molecule has 1 N–H and O–H groups in total. The first-order valence-corrected chi connectivity index (χ1v) is 8.39. The topological polar surface area (TPSA) is 49.8 Å². The fraction of sp³-hybridized carbons (Fsp3) is 0.278. The third kappa shape index (κ3) is 3.71. The Kier molecular flexibility index (Phi) is 4.00. The number of carboxylic acids is 1. The van der Waals surface area contributed by atoms with Crippen LogP contribution in [0.5, 0.6) is 5.75 Å². The summed E-state index contributed by atoms with van der Waals surface area (Å²) in [5, 5.41) is 8.93. The van der Waals surface area contributed by atoms with Gasteiger partial charge in [-0.3, -0.25) is 4.90 Å². The van der Waals surface area contributed by atoms with E-state index in [1.54, 1.807) is 30.0 Å². The molecule has 1 aliphatic heterocycles. The molecule has 0 spiro atoms. The molecule has 0 bridgehead atoms. The van der Waals surface area contributed by atoms with Crippen LogP contribution in [-0.4, -0.2) is 35.3 Å². The Morgan fingerprint density at radius 2 is 2.29 bits per heavy atom. The number of aromatic carboxylic acids is 1. The summed E-state index contributed by atoms with van der Waals surface area (Å²) in [5.74, 6) is -0.922.